The Kier molecular flexibility index (Phi) is 4.67. The van der Waals surface area contributed by atoms with Crippen molar-refractivity contribution in [2.75, 3.05) is 13.6 Å². The van der Waals surface area contributed by atoms with Crippen molar-refractivity contribution in [2.45, 2.75) is 32.6 Å². The standard InChI is InChI=1S/C10H19N3O3S/c1-7(5-11-4)17(14,15)12-6-10-8(2)13-16-9(10)3/h7,11-12H,5-6H2,1-4H3. The average molecular weight is 261 g/mol. The molecule has 0 radical (unpaired) electrons. The van der Waals surface area contributed by atoms with Crippen LogP contribution in [0.1, 0.15) is 23.9 Å². The first-order chi connectivity index (χ1) is 7.88. The van der Waals surface area contributed by atoms with Crippen LogP contribution in [0.25, 0.3) is 0 Å². The normalized spacial score (nSPS) is 13.9. The number of hydrogen-bond acceptors (Lipinski definition) is 5. The van der Waals surface area contributed by atoms with E-state index in [1.54, 1.807) is 27.8 Å². The average Bonchev–Trinajstić information content (AvgIpc) is 2.56. The molecule has 2 N–H and O–H groups in total. The number of rotatable bonds is 6. The number of hydrogen-bond donors (Lipinski definition) is 2. The van der Waals surface area contributed by atoms with Crippen molar-refractivity contribution in [2.24, 2.45) is 0 Å². The van der Waals surface area contributed by atoms with Crippen molar-refractivity contribution < 1.29 is 12.9 Å². The smallest absolute Gasteiger partial charge is 0.215 e. The summed E-state index contributed by atoms with van der Waals surface area (Å²) in [5, 5.41) is 6.14. The summed E-state index contributed by atoms with van der Waals surface area (Å²) in [7, 11) is -1.59. The molecule has 0 saturated carbocycles. The van der Waals surface area contributed by atoms with Gasteiger partial charge in [-0.3, -0.25) is 0 Å². The van der Waals surface area contributed by atoms with E-state index in [1.807, 2.05) is 0 Å². The quantitative estimate of drug-likeness (QED) is 0.770. The molecule has 0 bridgehead atoms. The molecule has 7 heteroatoms. The van der Waals surface area contributed by atoms with Gasteiger partial charge in [0.15, 0.2) is 0 Å². The SMILES string of the molecule is CNCC(C)S(=O)(=O)NCc1c(C)noc1C. The summed E-state index contributed by atoms with van der Waals surface area (Å²) in [6.45, 7) is 5.85. The van der Waals surface area contributed by atoms with E-state index in [9.17, 15) is 8.42 Å². The maximum Gasteiger partial charge on any atom is 0.215 e. The first-order valence-electron chi connectivity index (χ1n) is 5.43. The predicted octanol–water partition coefficient (Wildman–Crippen LogP) is 0.319. The molecule has 0 spiro atoms. The van der Waals surface area contributed by atoms with Crippen LogP contribution in [0, 0.1) is 13.8 Å². The minimum Gasteiger partial charge on any atom is -0.361 e. The zero-order valence-corrected chi connectivity index (χ0v) is 11.4. The third kappa shape index (κ3) is 3.52. The Morgan fingerprint density at radius 1 is 1.41 bits per heavy atom. The maximum atomic E-state index is 11.8. The Labute approximate surface area is 102 Å². The molecule has 0 saturated heterocycles. The van der Waals surface area contributed by atoms with E-state index < -0.39 is 15.3 Å². The minimum atomic E-state index is -3.31. The lowest BCUT2D eigenvalue weighted by Crippen LogP contribution is -2.37. The summed E-state index contributed by atoms with van der Waals surface area (Å²) in [6, 6.07) is 0. The fourth-order valence-corrected chi connectivity index (χ4v) is 2.48. The van der Waals surface area contributed by atoms with Crippen molar-refractivity contribution in [1.29, 1.82) is 0 Å². The highest BCUT2D eigenvalue weighted by Gasteiger charge is 2.20. The van der Waals surface area contributed by atoms with Gasteiger partial charge >= 0.3 is 0 Å². The molecule has 0 aliphatic heterocycles. The fraction of sp³-hybridized carbons (Fsp3) is 0.700. The lowest BCUT2D eigenvalue weighted by atomic mass is 10.2. The van der Waals surface area contributed by atoms with Crippen LogP contribution in [0.2, 0.25) is 0 Å². The molecule has 1 unspecified atom stereocenters. The Hall–Kier alpha value is -0.920. The van der Waals surface area contributed by atoms with Crippen LogP contribution < -0.4 is 10.0 Å². The van der Waals surface area contributed by atoms with Crippen LogP contribution in [-0.2, 0) is 16.6 Å². The molecule has 1 heterocycles. The van der Waals surface area contributed by atoms with Crippen LogP contribution in [0.4, 0.5) is 0 Å². The van der Waals surface area contributed by atoms with E-state index in [0.717, 1.165) is 5.56 Å². The van der Waals surface area contributed by atoms with Crippen molar-refractivity contribution in [3.8, 4) is 0 Å². The van der Waals surface area contributed by atoms with Gasteiger partial charge in [-0.05, 0) is 27.8 Å². The van der Waals surface area contributed by atoms with Gasteiger partial charge in [-0.15, -0.1) is 0 Å². The van der Waals surface area contributed by atoms with Gasteiger partial charge in [-0.2, -0.15) is 0 Å². The fourth-order valence-electron chi connectivity index (χ4n) is 1.47. The highest BCUT2D eigenvalue weighted by atomic mass is 32.2. The van der Waals surface area contributed by atoms with Gasteiger partial charge in [-0.25, -0.2) is 13.1 Å². The first kappa shape index (κ1) is 14.1. The molecule has 1 rings (SSSR count). The van der Waals surface area contributed by atoms with Gasteiger partial charge in [0, 0.05) is 18.7 Å². The van der Waals surface area contributed by atoms with Crippen molar-refractivity contribution in [1.82, 2.24) is 15.2 Å². The van der Waals surface area contributed by atoms with Crippen LogP contribution in [0.3, 0.4) is 0 Å². The van der Waals surface area contributed by atoms with Gasteiger partial charge < -0.3 is 9.84 Å². The van der Waals surface area contributed by atoms with E-state index in [1.165, 1.54) is 0 Å². The topological polar surface area (TPSA) is 84.2 Å². The number of aryl methyl sites for hydroxylation is 2. The van der Waals surface area contributed by atoms with E-state index in [-0.39, 0.29) is 6.54 Å². The largest absolute Gasteiger partial charge is 0.361 e. The lowest BCUT2D eigenvalue weighted by Gasteiger charge is -2.13. The van der Waals surface area contributed by atoms with Crippen LogP contribution in [0.15, 0.2) is 4.52 Å². The summed E-state index contributed by atoms with van der Waals surface area (Å²) in [5.74, 6) is 0.645. The zero-order valence-electron chi connectivity index (χ0n) is 10.6. The van der Waals surface area contributed by atoms with Gasteiger partial charge in [-0.1, -0.05) is 5.16 Å². The Morgan fingerprint density at radius 3 is 2.53 bits per heavy atom. The van der Waals surface area contributed by atoms with Gasteiger partial charge in [0.1, 0.15) is 5.76 Å². The Bertz CT molecular complexity index is 448. The molecule has 1 aromatic rings. The second-order valence-corrected chi connectivity index (χ2v) is 6.22. The minimum absolute atomic E-state index is 0.220. The molecular formula is C10H19N3O3S. The van der Waals surface area contributed by atoms with Gasteiger partial charge in [0.25, 0.3) is 0 Å². The van der Waals surface area contributed by atoms with E-state index >= 15 is 0 Å². The van der Waals surface area contributed by atoms with Gasteiger partial charge in [0.2, 0.25) is 10.0 Å². The summed E-state index contributed by atoms with van der Waals surface area (Å²) in [5.41, 5.74) is 1.51. The molecule has 0 fully saturated rings. The third-order valence-electron chi connectivity index (χ3n) is 2.65. The first-order valence-corrected chi connectivity index (χ1v) is 6.98. The predicted molar refractivity (Wildman–Crippen MR) is 65.1 cm³/mol. The zero-order chi connectivity index (χ0) is 13.1. The summed E-state index contributed by atoms with van der Waals surface area (Å²) in [6.07, 6.45) is 0. The summed E-state index contributed by atoms with van der Waals surface area (Å²) in [4.78, 5) is 0. The van der Waals surface area contributed by atoms with Crippen LogP contribution in [0.5, 0.6) is 0 Å². The monoisotopic (exact) mass is 261 g/mol. The molecular weight excluding hydrogens is 242 g/mol. The van der Waals surface area contributed by atoms with E-state index in [0.29, 0.717) is 18.0 Å². The number of nitrogens with one attached hydrogen (secondary N) is 2. The molecule has 6 nitrogen and oxygen atoms in total. The Morgan fingerprint density at radius 2 is 2.06 bits per heavy atom. The van der Waals surface area contributed by atoms with Crippen molar-refractivity contribution in [3.63, 3.8) is 0 Å². The second-order valence-electron chi connectivity index (χ2n) is 4.04. The molecule has 1 atom stereocenters. The number of sulfonamides is 1. The molecule has 0 aliphatic carbocycles. The maximum absolute atomic E-state index is 11.8. The van der Waals surface area contributed by atoms with Crippen molar-refractivity contribution >= 4 is 10.0 Å². The highest BCUT2D eigenvalue weighted by Crippen LogP contribution is 2.12. The van der Waals surface area contributed by atoms with E-state index in [4.69, 9.17) is 4.52 Å². The molecule has 98 valence electrons. The second kappa shape index (κ2) is 5.61. The van der Waals surface area contributed by atoms with Crippen molar-refractivity contribution in [3.05, 3.63) is 17.0 Å². The summed E-state index contributed by atoms with van der Waals surface area (Å²) >= 11 is 0. The number of aromatic nitrogens is 1. The number of nitrogens with zero attached hydrogens (tertiary/aromatic N) is 1. The van der Waals surface area contributed by atoms with Crippen LogP contribution in [-0.4, -0.2) is 32.4 Å². The molecule has 0 aromatic carbocycles. The third-order valence-corrected chi connectivity index (χ3v) is 4.43. The molecule has 17 heavy (non-hydrogen) atoms. The lowest BCUT2D eigenvalue weighted by molar-refractivity contribution is 0.392. The highest BCUT2D eigenvalue weighted by molar-refractivity contribution is 7.90. The van der Waals surface area contributed by atoms with Gasteiger partial charge in [0.05, 0.1) is 10.9 Å². The molecule has 0 amide bonds. The molecule has 1 aromatic heterocycles. The molecule has 0 aliphatic rings. The summed E-state index contributed by atoms with van der Waals surface area (Å²) < 4.78 is 31.2. The van der Waals surface area contributed by atoms with E-state index in [2.05, 4.69) is 15.2 Å². The van der Waals surface area contributed by atoms with Crippen LogP contribution >= 0.6 is 0 Å². The Balaban J connectivity index is 2.68.